The lowest BCUT2D eigenvalue weighted by molar-refractivity contribution is 0.102. The molecule has 0 aliphatic carbocycles. The monoisotopic (exact) mass is 377 g/mol. The highest BCUT2D eigenvalue weighted by atomic mass is 35.5. The van der Waals surface area contributed by atoms with Crippen LogP contribution in [0, 0.1) is 0 Å². The minimum atomic E-state index is -0.737. The Labute approximate surface area is 153 Å². The van der Waals surface area contributed by atoms with Gasteiger partial charge in [0, 0.05) is 17.1 Å². The van der Waals surface area contributed by atoms with Crippen molar-refractivity contribution in [1.82, 2.24) is 0 Å². The maximum atomic E-state index is 12.4. The van der Waals surface area contributed by atoms with Crippen molar-refractivity contribution in [2.24, 2.45) is 0 Å². The van der Waals surface area contributed by atoms with Gasteiger partial charge in [0.1, 0.15) is 16.9 Å². The number of halogens is 2. The molecule has 0 bridgehead atoms. The maximum Gasteiger partial charge on any atom is 0.349 e. The van der Waals surface area contributed by atoms with E-state index in [0.717, 1.165) is 0 Å². The van der Waals surface area contributed by atoms with Crippen LogP contribution in [0.25, 0.3) is 11.0 Å². The van der Waals surface area contributed by atoms with Crippen molar-refractivity contribution < 1.29 is 13.9 Å². The molecule has 0 fully saturated rings. The molecule has 0 aliphatic heterocycles. The summed E-state index contributed by atoms with van der Waals surface area (Å²) >= 11 is 11.8. The van der Waals surface area contributed by atoms with Crippen LogP contribution in [-0.4, -0.2) is 12.5 Å². The van der Waals surface area contributed by atoms with Gasteiger partial charge in [0.05, 0.1) is 16.7 Å². The number of hydrogen-bond donors (Lipinski definition) is 1. The van der Waals surface area contributed by atoms with Gasteiger partial charge in [0.2, 0.25) is 0 Å². The Balaban J connectivity index is 1.93. The fourth-order valence-electron chi connectivity index (χ4n) is 2.28. The van der Waals surface area contributed by atoms with E-state index in [4.69, 9.17) is 32.4 Å². The molecule has 0 atom stereocenters. The zero-order valence-corrected chi connectivity index (χ0v) is 14.6. The number of rotatable bonds is 4. The minimum absolute atomic E-state index is 0.109. The van der Waals surface area contributed by atoms with Crippen molar-refractivity contribution in [3.8, 4) is 5.75 Å². The van der Waals surface area contributed by atoms with Crippen molar-refractivity contribution >= 4 is 45.8 Å². The van der Waals surface area contributed by atoms with Gasteiger partial charge in [0.15, 0.2) is 0 Å². The second-order valence-corrected chi connectivity index (χ2v) is 5.98. The van der Waals surface area contributed by atoms with Crippen molar-refractivity contribution in [3.63, 3.8) is 0 Å². The predicted octanol–water partition coefficient (Wildman–Crippen LogP) is 4.75. The average Bonchev–Trinajstić information content (AvgIpc) is 2.57. The molecule has 128 valence electrons. The van der Waals surface area contributed by atoms with E-state index in [1.54, 1.807) is 30.3 Å². The highest BCUT2D eigenvalue weighted by molar-refractivity contribution is 6.42. The number of carbonyl (C=O) groups is 1. The molecule has 1 heterocycles. The van der Waals surface area contributed by atoms with Gasteiger partial charge in [-0.3, -0.25) is 4.79 Å². The van der Waals surface area contributed by atoms with Crippen LogP contribution in [0.1, 0.15) is 17.3 Å². The van der Waals surface area contributed by atoms with Gasteiger partial charge < -0.3 is 14.5 Å². The first-order chi connectivity index (χ1) is 12.0. The normalized spacial score (nSPS) is 10.7. The van der Waals surface area contributed by atoms with Gasteiger partial charge in [-0.25, -0.2) is 4.79 Å². The summed E-state index contributed by atoms with van der Waals surface area (Å²) in [4.78, 5) is 24.5. The number of ether oxygens (including phenoxy) is 1. The summed E-state index contributed by atoms with van der Waals surface area (Å²) in [7, 11) is 0. The summed E-state index contributed by atoms with van der Waals surface area (Å²) in [6.07, 6.45) is 0. The topological polar surface area (TPSA) is 68.5 Å². The van der Waals surface area contributed by atoms with Crippen molar-refractivity contribution in [1.29, 1.82) is 0 Å². The third kappa shape index (κ3) is 3.78. The Morgan fingerprint density at radius 2 is 1.92 bits per heavy atom. The fourth-order valence-corrected chi connectivity index (χ4v) is 2.58. The molecule has 0 unspecified atom stereocenters. The van der Waals surface area contributed by atoms with Crippen LogP contribution in [0.2, 0.25) is 10.0 Å². The van der Waals surface area contributed by atoms with Crippen LogP contribution in [0.15, 0.2) is 51.7 Å². The highest BCUT2D eigenvalue weighted by Gasteiger charge is 2.15. The number of benzene rings is 2. The average molecular weight is 378 g/mol. The fraction of sp³-hybridized carbons (Fsp3) is 0.111. The van der Waals surface area contributed by atoms with Crippen molar-refractivity contribution in [2.75, 3.05) is 11.9 Å². The number of nitrogens with one attached hydrogen (secondary N) is 1. The summed E-state index contributed by atoms with van der Waals surface area (Å²) in [5.41, 5.74) is -0.0749. The third-order valence-electron chi connectivity index (χ3n) is 3.44. The van der Waals surface area contributed by atoms with E-state index in [-0.39, 0.29) is 5.56 Å². The van der Waals surface area contributed by atoms with E-state index < -0.39 is 11.5 Å². The molecule has 0 saturated heterocycles. The number of anilines is 1. The van der Waals surface area contributed by atoms with E-state index in [0.29, 0.717) is 39.1 Å². The first-order valence-corrected chi connectivity index (χ1v) is 8.20. The van der Waals surface area contributed by atoms with E-state index in [1.807, 2.05) is 6.92 Å². The summed E-state index contributed by atoms with van der Waals surface area (Å²) in [6, 6.07) is 11.2. The molecular formula is C18H13Cl2NO4. The molecule has 3 rings (SSSR count). The largest absolute Gasteiger partial charge is 0.494 e. The standard InChI is InChI=1S/C18H13Cl2NO4/c1-2-24-12-5-3-10-7-13(18(23)25-16(10)9-12)17(22)21-11-4-6-14(19)15(20)8-11/h3-9H,2H2,1H3,(H,21,22). The lowest BCUT2D eigenvalue weighted by Gasteiger charge is -2.07. The molecule has 0 saturated carbocycles. The first-order valence-electron chi connectivity index (χ1n) is 7.45. The molecule has 3 aromatic rings. The molecule has 5 nitrogen and oxygen atoms in total. The Morgan fingerprint density at radius 1 is 1.12 bits per heavy atom. The highest BCUT2D eigenvalue weighted by Crippen LogP contribution is 2.25. The zero-order chi connectivity index (χ0) is 18.0. The smallest absolute Gasteiger partial charge is 0.349 e. The molecule has 0 aliphatic rings. The first kappa shape index (κ1) is 17.3. The van der Waals surface area contributed by atoms with Crippen LogP contribution in [0.5, 0.6) is 5.75 Å². The lowest BCUT2D eigenvalue weighted by Crippen LogP contribution is -2.20. The number of carbonyl (C=O) groups excluding carboxylic acids is 1. The molecule has 0 radical (unpaired) electrons. The second-order valence-electron chi connectivity index (χ2n) is 5.16. The Hall–Kier alpha value is -2.50. The van der Waals surface area contributed by atoms with Crippen LogP contribution in [-0.2, 0) is 0 Å². The number of amides is 1. The maximum absolute atomic E-state index is 12.4. The summed E-state index contributed by atoms with van der Waals surface area (Å²) < 4.78 is 10.6. The van der Waals surface area contributed by atoms with Gasteiger partial charge >= 0.3 is 5.63 Å². The van der Waals surface area contributed by atoms with Crippen molar-refractivity contribution in [3.05, 3.63) is 68.5 Å². The van der Waals surface area contributed by atoms with Crippen molar-refractivity contribution in [2.45, 2.75) is 6.92 Å². The SMILES string of the molecule is CCOc1ccc2cc(C(=O)Nc3ccc(Cl)c(Cl)c3)c(=O)oc2c1. The molecule has 7 heteroatoms. The van der Waals surface area contributed by atoms with Crippen LogP contribution >= 0.6 is 23.2 Å². The summed E-state index contributed by atoms with van der Waals surface area (Å²) in [5.74, 6) is -0.00548. The molecular weight excluding hydrogens is 365 g/mol. The van der Waals surface area contributed by atoms with Gasteiger partial charge in [0.25, 0.3) is 5.91 Å². The Kier molecular flexibility index (Phi) is 4.97. The van der Waals surface area contributed by atoms with Gasteiger partial charge in [-0.05, 0) is 43.3 Å². The van der Waals surface area contributed by atoms with Crippen LogP contribution < -0.4 is 15.7 Å². The lowest BCUT2D eigenvalue weighted by atomic mass is 10.1. The van der Waals surface area contributed by atoms with Crippen LogP contribution in [0.4, 0.5) is 5.69 Å². The summed E-state index contributed by atoms with van der Waals surface area (Å²) in [5, 5.41) is 3.88. The quantitative estimate of drug-likeness (QED) is 0.666. The van der Waals surface area contributed by atoms with E-state index in [2.05, 4.69) is 5.32 Å². The molecule has 1 amide bonds. The number of fused-ring (bicyclic) bond motifs is 1. The molecule has 1 N–H and O–H groups in total. The predicted molar refractivity (Wildman–Crippen MR) is 98.1 cm³/mol. The molecule has 2 aromatic carbocycles. The van der Waals surface area contributed by atoms with Gasteiger partial charge in [-0.2, -0.15) is 0 Å². The Morgan fingerprint density at radius 3 is 2.64 bits per heavy atom. The second kappa shape index (κ2) is 7.17. The van der Waals surface area contributed by atoms with E-state index in [1.165, 1.54) is 12.1 Å². The molecule has 0 spiro atoms. The Bertz CT molecular complexity index is 1010. The molecule has 25 heavy (non-hydrogen) atoms. The molecule has 1 aromatic heterocycles. The van der Waals surface area contributed by atoms with E-state index >= 15 is 0 Å². The van der Waals surface area contributed by atoms with E-state index in [9.17, 15) is 9.59 Å². The third-order valence-corrected chi connectivity index (χ3v) is 4.18. The number of hydrogen-bond acceptors (Lipinski definition) is 4. The summed E-state index contributed by atoms with van der Waals surface area (Å²) in [6.45, 7) is 2.36. The van der Waals surface area contributed by atoms with Gasteiger partial charge in [-0.1, -0.05) is 23.2 Å². The van der Waals surface area contributed by atoms with Gasteiger partial charge in [-0.15, -0.1) is 0 Å². The zero-order valence-electron chi connectivity index (χ0n) is 13.1. The van der Waals surface area contributed by atoms with Crippen LogP contribution in [0.3, 0.4) is 0 Å². The minimum Gasteiger partial charge on any atom is -0.494 e.